The number of anilines is 2. The number of aromatic nitrogens is 1. The normalized spacial score (nSPS) is 16.8. The standard InChI is InChI=1S/C22H31N3S/c1-3-25(15-17-7-4-5-8-17)21-12-19-10-6-9-18(19)11-20(21)14-24-22-23-13-16(2)26-22/h11-13,17H,3-10,14-15H2,1-2H3,(H,23,24). The number of hydrogen-bond donors (Lipinski definition) is 1. The van der Waals surface area contributed by atoms with Crippen LogP contribution in [-0.2, 0) is 19.4 Å². The predicted molar refractivity (Wildman–Crippen MR) is 112 cm³/mol. The summed E-state index contributed by atoms with van der Waals surface area (Å²) in [6.45, 7) is 7.61. The Morgan fingerprint density at radius 1 is 1.15 bits per heavy atom. The molecule has 1 saturated carbocycles. The molecule has 1 N–H and O–H groups in total. The molecule has 3 nitrogen and oxygen atoms in total. The Bertz CT molecular complexity index is 746. The van der Waals surface area contributed by atoms with E-state index in [0.29, 0.717) is 0 Å². The maximum absolute atomic E-state index is 4.47. The highest BCUT2D eigenvalue weighted by molar-refractivity contribution is 7.15. The van der Waals surface area contributed by atoms with Gasteiger partial charge in [-0.15, -0.1) is 11.3 Å². The molecule has 0 aliphatic heterocycles. The van der Waals surface area contributed by atoms with Crippen molar-refractivity contribution in [2.45, 2.75) is 65.3 Å². The van der Waals surface area contributed by atoms with Crippen LogP contribution in [0.15, 0.2) is 18.3 Å². The highest BCUT2D eigenvalue weighted by Gasteiger charge is 2.22. The Morgan fingerprint density at radius 3 is 2.62 bits per heavy atom. The van der Waals surface area contributed by atoms with E-state index in [4.69, 9.17) is 0 Å². The van der Waals surface area contributed by atoms with Crippen molar-refractivity contribution in [3.05, 3.63) is 39.9 Å². The average molecular weight is 370 g/mol. The zero-order valence-electron chi connectivity index (χ0n) is 16.2. The van der Waals surface area contributed by atoms with Gasteiger partial charge >= 0.3 is 0 Å². The van der Waals surface area contributed by atoms with Gasteiger partial charge in [-0.2, -0.15) is 0 Å². The van der Waals surface area contributed by atoms with Crippen molar-refractivity contribution >= 4 is 22.2 Å². The van der Waals surface area contributed by atoms with Crippen LogP contribution in [0.4, 0.5) is 10.8 Å². The summed E-state index contributed by atoms with van der Waals surface area (Å²) in [5, 5.41) is 4.60. The Balaban J connectivity index is 1.58. The monoisotopic (exact) mass is 369 g/mol. The number of fused-ring (bicyclic) bond motifs is 1. The van der Waals surface area contributed by atoms with Gasteiger partial charge in [0, 0.05) is 36.4 Å². The quantitative estimate of drug-likeness (QED) is 0.691. The van der Waals surface area contributed by atoms with Crippen LogP contribution in [0, 0.1) is 12.8 Å². The summed E-state index contributed by atoms with van der Waals surface area (Å²) >= 11 is 1.74. The minimum absolute atomic E-state index is 0.872. The lowest BCUT2D eigenvalue weighted by atomic mass is 10.0. The van der Waals surface area contributed by atoms with Gasteiger partial charge in [-0.05, 0) is 74.6 Å². The molecule has 4 rings (SSSR count). The van der Waals surface area contributed by atoms with E-state index in [0.717, 1.165) is 24.1 Å². The van der Waals surface area contributed by atoms with Gasteiger partial charge in [-0.3, -0.25) is 0 Å². The number of nitrogens with one attached hydrogen (secondary N) is 1. The summed E-state index contributed by atoms with van der Waals surface area (Å²) in [4.78, 5) is 8.37. The predicted octanol–water partition coefficient (Wildman–Crippen LogP) is 5.57. The van der Waals surface area contributed by atoms with E-state index in [9.17, 15) is 0 Å². The first-order chi connectivity index (χ1) is 12.7. The van der Waals surface area contributed by atoms with E-state index >= 15 is 0 Å². The molecule has 1 aromatic heterocycles. The third-order valence-corrected chi connectivity index (χ3v) is 6.89. The van der Waals surface area contributed by atoms with Crippen LogP contribution in [0.5, 0.6) is 0 Å². The number of thiazole rings is 1. The molecule has 2 aromatic rings. The second kappa shape index (κ2) is 7.99. The molecule has 0 spiro atoms. The number of rotatable bonds is 7. The van der Waals surface area contributed by atoms with Gasteiger partial charge in [0.05, 0.1) is 0 Å². The van der Waals surface area contributed by atoms with Crippen LogP contribution in [0.2, 0.25) is 0 Å². The molecule has 2 aliphatic rings. The third-order valence-electron chi connectivity index (χ3n) is 6.02. The van der Waals surface area contributed by atoms with Crippen molar-refractivity contribution in [2.75, 3.05) is 23.3 Å². The van der Waals surface area contributed by atoms with Gasteiger partial charge in [-0.25, -0.2) is 4.98 Å². The largest absolute Gasteiger partial charge is 0.371 e. The summed E-state index contributed by atoms with van der Waals surface area (Å²) < 4.78 is 0. The molecular formula is C22H31N3S. The topological polar surface area (TPSA) is 28.2 Å². The number of benzene rings is 1. The van der Waals surface area contributed by atoms with Crippen molar-refractivity contribution < 1.29 is 0 Å². The van der Waals surface area contributed by atoms with Crippen LogP contribution in [0.1, 0.15) is 60.6 Å². The fraction of sp³-hybridized carbons (Fsp3) is 0.591. The molecule has 0 amide bonds. The summed E-state index contributed by atoms with van der Waals surface area (Å²) in [5.41, 5.74) is 6.05. The fourth-order valence-corrected chi connectivity index (χ4v) is 5.27. The maximum atomic E-state index is 4.47. The third kappa shape index (κ3) is 3.90. The molecule has 0 saturated heterocycles. The van der Waals surface area contributed by atoms with Gasteiger partial charge < -0.3 is 10.2 Å². The smallest absolute Gasteiger partial charge is 0.183 e. The number of aryl methyl sites for hydroxylation is 3. The van der Waals surface area contributed by atoms with Crippen LogP contribution >= 0.6 is 11.3 Å². The first-order valence-corrected chi connectivity index (χ1v) is 11.1. The van der Waals surface area contributed by atoms with Crippen LogP contribution in [0.3, 0.4) is 0 Å². The lowest BCUT2D eigenvalue weighted by molar-refractivity contribution is 0.535. The SMILES string of the molecule is CCN(CC1CCCC1)c1cc2c(cc1CNc1ncc(C)s1)CCC2. The molecule has 140 valence electrons. The van der Waals surface area contributed by atoms with E-state index in [1.54, 1.807) is 22.5 Å². The van der Waals surface area contributed by atoms with Crippen molar-refractivity contribution in [2.24, 2.45) is 5.92 Å². The van der Waals surface area contributed by atoms with Crippen molar-refractivity contribution in [3.63, 3.8) is 0 Å². The fourth-order valence-electron chi connectivity index (χ4n) is 4.61. The summed E-state index contributed by atoms with van der Waals surface area (Å²) in [6.07, 6.45) is 11.4. The van der Waals surface area contributed by atoms with Gasteiger partial charge in [0.25, 0.3) is 0 Å². The summed E-state index contributed by atoms with van der Waals surface area (Å²) in [5.74, 6) is 0.880. The van der Waals surface area contributed by atoms with E-state index in [1.165, 1.54) is 67.6 Å². The highest BCUT2D eigenvalue weighted by atomic mass is 32.1. The molecule has 26 heavy (non-hydrogen) atoms. The van der Waals surface area contributed by atoms with Crippen LogP contribution in [-0.4, -0.2) is 18.1 Å². The van der Waals surface area contributed by atoms with E-state index in [2.05, 4.69) is 41.2 Å². The van der Waals surface area contributed by atoms with Crippen molar-refractivity contribution in [3.8, 4) is 0 Å². The molecule has 4 heteroatoms. The summed E-state index contributed by atoms with van der Waals surface area (Å²) in [6, 6.07) is 4.98. The molecule has 0 radical (unpaired) electrons. The first-order valence-electron chi connectivity index (χ1n) is 10.3. The van der Waals surface area contributed by atoms with E-state index in [-0.39, 0.29) is 0 Å². The van der Waals surface area contributed by atoms with Crippen LogP contribution in [0.25, 0.3) is 0 Å². The minimum atomic E-state index is 0.872. The molecule has 0 unspecified atom stereocenters. The average Bonchev–Trinajstić information content (AvgIpc) is 3.39. The Morgan fingerprint density at radius 2 is 1.92 bits per heavy atom. The van der Waals surface area contributed by atoms with E-state index < -0.39 is 0 Å². The lowest BCUT2D eigenvalue weighted by Gasteiger charge is -2.29. The zero-order chi connectivity index (χ0) is 17.9. The zero-order valence-corrected chi connectivity index (χ0v) is 17.0. The lowest BCUT2D eigenvalue weighted by Crippen LogP contribution is -2.29. The number of nitrogens with zero attached hydrogens (tertiary/aromatic N) is 2. The van der Waals surface area contributed by atoms with Gasteiger partial charge in [0.2, 0.25) is 0 Å². The molecular weight excluding hydrogens is 338 g/mol. The van der Waals surface area contributed by atoms with Gasteiger partial charge in [-0.1, -0.05) is 18.9 Å². The van der Waals surface area contributed by atoms with Crippen molar-refractivity contribution in [1.29, 1.82) is 0 Å². The maximum Gasteiger partial charge on any atom is 0.183 e. The molecule has 0 atom stereocenters. The Kier molecular flexibility index (Phi) is 5.49. The first kappa shape index (κ1) is 17.8. The molecule has 2 aliphatic carbocycles. The highest BCUT2D eigenvalue weighted by Crippen LogP contribution is 2.34. The second-order valence-corrected chi connectivity index (χ2v) is 9.16. The molecule has 0 bridgehead atoms. The summed E-state index contributed by atoms with van der Waals surface area (Å²) in [7, 11) is 0. The second-order valence-electron chi connectivity index (χ2n) is 7.92. The molecule has 1 fully saturated rings. The minimum Gasteiger partial charge on any atom is -0.371 e. The number of hydrogen-bond acceptors (Lipinski definition) is 4. The van der Waals surface area contributed by atoms with Gasteiger partial charge in [0.1, 0.15) is 0 Å². The Hall–Kier alpha value is -1.55. The van der Waals surface area contributed by atoms with Crippen molar-refractivity contribution in [1.82, 2.24) is 4.98 Å². The van der Waals surface area contributed by atoms with Gasteiger partial charge in [0.15, 0.2) is 5.13 Å². The molecule has 1 heterocycles. The van der Waals surface area contributed by atoms with E-state index in [1.807, 2.05) is 6.20 Å². The Labute approximate surface area is 161 Å². The molecule has 1 aromatic carbocycles. The van der Waals surface area contributed by atoms with Crippen LogP contribution < -0.4 is 10.2 Å².